The molecule has 0 bridgehead atoms. The Balaban J connectivity index is 2.74. The third-order valence-corrected chi connectivity index (χ3v) is 2.41. The van der Waals surface area contributed by atoms with Crippen LogP contribution >= 0.6 is 0 Å². The van der Waals surface area contributed by atoms with Gasteiger partial charge in [0, 0.05) is 12.4 Å². The van der Waals surface area contributed by atoms with E-state index in [0.29, 0.717) is 18.4 Å². The Morgan fingerprint density at radius 1 is 1.44 bits per heavy atom. The molecule has 16 heavy (non-hydrogen) atoms. The third kappa shape index (κ3) is 3.05. The molecule has 86 valence electrons. The van der Waals surface area contributed by atoms with Gasteiger partial charge < -0.3 is 10.2 Å². The van der Waals surface area contributed by atoms with Gasteiger partial charge in [0.05, 0.1) is 11.5 Å². The zero-order chi connectivity index (χ0) is 12.1. The van der Waals surface area contributed by atoms with E-state index in [-0.39, 0.29) is 5.56 Å². The van der Waals surface area contributed by atoms with Crippen molar-refractivity contribution in [2.75, 3.05) is 0 Å². The van der Waals surface area contributed by atoms with Crippen LogP contribution in [-0.4, -0.2) is 27.1 Å². The number of rotatable bonds is 5. The molecule has 0 saturated heterocycles. The van der Waals surface area contributed by atoms with E-state index in [9.17, 15) is 9.59 Å². The number of aliphatic carboxylic acids is 1. The Hall–Kier alpha value is -1.91. The summed E-state index contributed by atoms with van der Waals surface area (Å²) in [5, 5.41) is 17.6. The average molecular weight is 223 g/mol. The van der Waals surface area contributed by atoms with Gasteiger partial charge in [-0.05, 0) is 24.5 Å². The monoisotopic (exact) mass is 223 g/mol. The average Bonchev–Trinajstić information content (AvgIpc) is 2.25. The van der Waals surface area contributed by atoms with E-state index in [4.69, 9.17) is 10.2 Å². The minimum absolute atomic E-state index is 0.139. The number of aryl methyl sites for hydroxylation is 1. The molecule has 0 aromatic carbocycles. The van der Waals surface area contributed by atoms with Crippen molar-refractivity contribution in [1.82, 2.24) is 4.98 Å². The van der Waals surface area contributed by atoms with Crippen molar-refractivity contribution < 1.29 is 19.8 Å². The molecule has 1 unspecified atom stereocenters. The highest BCUT2D eigenvalue weighted by atomic mass is 16.4. The molecule has 1 aromatic rings. The second kappa shape index (κ2) is 5.25. The molecule has 1 atom stereocenters. The van der Waals surface area contributed by atoms with Gasteiger partial charge in [0.15, 0.2) is 0 Å². The number of nitrogens with zero attached hydrogens (tertiary/aromatic N) is 1. The standard InChI is InChI=1S/C11H13NO4/c1-7(10(13)14)2-3-8-4-5-12-6-9(8)11(15)16/h4-7H,2-3H2,1H3,(H,13,14)(H,15,16). The zero-order valence-corrected chi connectivity index (χ0v) is 8.88. The van der Waals surface area contributed by atoms with Crippen LogP contribution in [0.5, 0.6) is 0 Å². The lowest BCUT2D eigenvalue weighted by atomic mass is 9.99. The number of carboxylic acids is 2. The topological polar surface area (TPSA) is 87.5 Å². The van der Waals surface area contributed by atoms with Crippen molar-refractivity contribution in [3.05, 3.63) is 29.6 Å². The molecule has 5 heteroatoms. The third-order valence-electron chi connectivity index (χ3n) is 2.41. The van der Waals surface area contributed by atoms with E-state index in [0.717, 1.165) is 0 Å². The first-order valence-electron chi connectivity index (χ1n) is 4.91. The van der Waals surface area contributed by atoms with Crippen molar-refractivity contribution in [2.24, 2.45) is 5.92 Å². The number of pyridine rings is 1. The van der Waals surface area contributed by atoms with Gasteiger partial charge in [0.25, 0.3) is 0 Å². The fourth-order valence-electron chi connectivity index (χ4n) is 1.33. The van der Waals surface area contributed by atoms with Crippen molar-refractivity contribution in [2.45, 2.75) is 19.8 Å². The summed E-state index contributed by atoms with van der Waals surface area (Å²) >= 11 is 0. The smallest absolute Gasteiger partial charge is 0.337 e. The van der Waals surface area contributed by atoms with Crippen LogP contribution in [-0.2, 0) is 11.2 Å². The number of carboxylic acid groups (broad SMARTS) is 2. The highest BCUT2D eigenvalue weighted by Gasteiger charge is 2.14. The van der Waals surface area contributed by atoms with Crippen molar-refractivity contribution >= 4 is 11.9 Å². The number of hydrogen-bond donors (Lipinski definition) is 2. The van der Waals surface area contributed by atoms with Gasteiger partial charge in [0.2, 0.25) is 0 Å². The van der Waals surface area contributed by atoms with E-state index >= 15 is 0 Å². The number of carbonyl (C=O) groups is 2. The number of aromatic carboxylic acids is 1. The molecule has 1 rings (SSSR count). The van der Waals surface area contributed by atoms with Gasteiger partial charge in [-0.25, -0.2) is 4.79 Å². The highest BCUT2D eigenvalue weighted by Crippen LogP contribution is 2.13. The van der Waals surface area contributed by atoms with Crippen molar-refractivity contribution in [3.63, 3.8) is 0 Å². The minimum Gasteiger partial charge on any atom is -0.481 e. The maximum atomic E-state index is 10.8. The Bertz CT molecular complexity index is 403. The van der Waals surface area contributed by atoms with E-state index in [1.54, 1.807) is 13.0 Å². The molecule has 0 aliphatic heterocycles. The van der Waals surface area contributed by atoms with Crippen LogP contribution in [0, 0.1) is 5.92 Å². The van der Waals surface area contributed by atoms with E-state index in [1.807, 2.05) is 0 Å². The Morgan fingerprint density at radius 3 is 2.69 bits per heavy atom. The van der Waals surface area contributed by atoms with Crippen LogP contribution in [0.25, 0.3) is 0 Å². The van der Waals surface area contributed by atoms with Crippen LogP contribution in [0.2, 0.25) is 0 Å². The van der Waals surface area contributed by atoms with E-state index in [1.165, 1.54) is 12.4 Å². The number of aromatic nitrogens is 1. The largest absolute Gasteiger partial charge is 0.481 e. The van der Waals surface area contributed by atoms with Gasteiger partial charge >= 0.3 is 11.9 Å². The van der Waals surface area contributed by atoms with Gasteiger partial charge in [-0.1, -0.05) is 6.92 Å². The van der Waals surface area contributed by atoms with Crippen molar-refractivity contribution in [1.29, 1.82) is 0 Å². The maximum Gasteiger partial charge on any atom is 0.337 e. The first kappa shape index (κ1) is 12.2. The van der Waals surface area contributed by atoms with E-state index < -0.39 is 17.9 Å². The SMILES string of the molecule is CC(CCc1ccncc1C(=O)O)C(=O)O. The Labute approximate surface area is 92.8 Å². The van der Waals surface area contributed by atoms with Crippen LogP contribution in [0.3, 0.4) is 0 Å². The quantitative estimate of drug-likeness (QED) is 0.788. The lowest BCUT2D eigenvalue weighted by Gasteiger charge is -2.07. The summed E-state index contributed by atoms with van der Waals surface area (Å²) < 4.78 is 0. The molecule has 0 aliphatic rings. The predicted molar refractivity (Wildman–Crippen MR) is 56.3 cm³/mol. The second-order valence-electron chi connectivity index (χ2n) is 3.62. The molecule has 0 aliphatic carbocycles. The van der Waals surface area contributed by atoms with Gasteiger partial charge in [-0.2, -0.15) is 0 Å². The molecular formula is C11H13NO4. The molecule has 0 amide bonds. The summed E-state index contributed by atoms with van der Waals surface area (Å²) in [7, 11) is 0. The fraction of sp³-hybridized carbons (Fsp3) is 0.364. The molecule has 1 aromatic heterocycles. The molecule has 5 nitrogen and oxygen atoms in total. The first-order chi connectivity index (χ1) is 7.52. The minimum atomic E-state index is -1.04. The molecule has 0 fully saturated rings. The summed E-state index contributed by atoms with van der Waals surface area (Å²) in [6, 6.07) is 1.61. The van der Waals surface area contributed by atoms with Crippen molar-refractivity contribution in [3.8, 4) is 0 Å². The second-order valence-corrected chi connectivity index (χ2v) is 3.62. The summed E-state index contributed by atoms with van der Waals surface area (Å²) in [5.74, 6) is -2.38. The zero-order valence-electron chi connectivity index (χ0n) is 8.88. The first-order valence-corrected chi connectivity index (χ1v) is 4.91. The summed E-state index contributed by atoms with van der Waals surface area (Å²) in [5.41, 5.74) is 0.760. The lowest BCUT2D eigenvalue weighted by molar-refractivity contribution is -0.141. The van der Waals surface area contributed by atoms with Gasteiger partial charge in [-0.15, -0.1) is 0 Å². The van der Waals surface area contributed by atoms with Gasteiger partial charge in [-0.3, -0.25) is 9.78 Å². The summed E-state index contributed by atoms with van der Waals surface area (Å²) in [4.78, 5) is 25.2. The van der Waals surface area contributed by atoms with Crippen LogP contribution in [0.1, 0.15) is 29.3 Å². The predicted octanol–water partition coefficient (Wildman–Crippen LogP) is 1.43. The lowest BCUT2D eigenvalue weighted by Crippen LogP contribution is -2.11. The Kier molecular flexibility index (Phi) is 3.99. The molecule has 0 saturated carbocycles. The van der Waals surface area contributed by atoms with E-state index in [2.05, 4.69) is 4.98 Å². The normalized spacial score (nSPS) is 12.1. The Morgan fingerprint density at radius 2 is 2.12 bits per heavy atom. The molecule has 2 N–H and O–H groups in total. The molecule has 0 radical (unpaired) electrons. The van der Waals surface area contributed by atoms with Crippen LogP contribution in [0.4, 0.5) is 0 Å². The molecule has 0 spiro atoms. The summed E-state index contributed by atoms with van der Waals surface area (Å²) in [6.45, 7) is 1.60. The maximum absolute atomic E-state index is 10.8. The molecule has 1 heterocycles. The fourth-order valence-corrected chi connectivity index (χ4v) is 1.33. The summed E-state index contributed by atoms with van der Waals surface area (Å²) in [6.07, 6.45) is 3.63. The van der Waals surface area contributed by atoms with Crippen LogP contribution < -0.4 is 0 Å². The number of hydrogen-bond acceptors (Lipinski definition) is 3. The highest BCUT2D eigenvalue weighted by molar-refractivity contribution is 5.88. The van der Waals surface area contributed by atoms with Crippen LogP contribution in [0.15, 0.2) is 18.5 Å². The van der Waals surface area contributed by atoms with Gasteiger partial charge in [0.1, 0.15) is 0 Å². The molecular weight excluding hydrogens is 210 g/mol.